The van der Waals surface area contributed by atoms with Crippen molar-refractivity contribution in [2.45, 2.75) is 271 Å². The zero-order valence-corrected chi connectivity index (χ0v) is 41.4. The van der Waals surface area contributed by atoms with Crippen molar-refractivity contribution in [2.75, 3.05) is 19.8 Å². The van der Waals surface area contributed by atoms with Crippen LogP contribution in [0.2, 0.25) is 0 Å². The van der Waals surface area contributed by atoms with Crippen LogP contribution in [-0.2, 0) is 23.8 Å². The molecule has 1 atom stereocenters. The van der Waals surface area contributed by atoms with E-state index >= 15 is 0 Å². The zero-order chi connectivity index (χ0) is 44.9. The van der Waals surface area contributed by atoms with Crippen molar-refractivity contribution in [3.05, 3.63) is 60.8 Å². The van der Waals surface area contributed by atoms with E-state index in [0.717, 1.165) is 96.3 Å². The van der Waals surface area contributed by atoms with Crippen molar-refractivity contribution in [1.82, 2.24) is 0 Å². The predicted octanol–water partition coefficient (Wildman–Crippen LogP) is 18.1. The molecule has 0 heterocycles. The Labute approximate surface area is 385 Å². The van der Waals surface area contributed by atoms with Crippen molar-refractivity contribution < 1.29 is 23.8 Å². The van der Waals surface area contributed by atoms with E-state index < -0.39 is 6.10 Å². The molecule has 0 aliphatic heterocycles. The molecule has 0 unspecified atom stereocenters. The lowest BCUT2D eigenvalue weighted by molar-refractivity contribution is -0.155. The lowest BCUT2D eigenvalue weighted by atomic mass is 10.0. The summed E-state index contributed by atoms with van der Waals surface area (Å²) in [5, 5.41) is 0. The molecule has 5 heteroatoms. The van der Waals surface area contributed by atoms with Crippen molar-refractivity contribution in [1.29, 1.82) is 0 Å². The summed E-state index contributed by atoms with van der Waals surface area (Å²) in [6, 6.07) is 0. The van der Waals surface area contributed by atoms with Gasteiger partial charge in [-0.1, -0.05) is 229 Å². The van der Waals surface area contributed by atoms with Crippen LogP contribution >= 0.6 is 0 Å². The van der Waals surface area contributed by atoms with Crippen LogP contribution in [0.4, 0.5) is 0 Å². The van der Waals surface area contributed by atoms with E-state index in [4.69, 9.17) is 14.2 Å². The van der Waals surface area contributed by atoms with Crippen LogP contribution in [0.25, 0.3) is 0 Å². The summed E-state index contributed by atoms with van der Waals surface area (Å²) < 4.78 is 17.4. The molecular weight excluding hydrogens is 765 g/mol. The Bertz CT molecular complexity index is 1070. The third-order valence-corrected chi connectivity index (χ3v) is 11.6. The molecule has 0 aliphatic carbocycles. The molecule has 0 N–H and O–H groups in total. The van der Waals surface area contributed by atoms with Gasteiger partial charge in [0, 0.05) is 19.4 Å². The minimum atomic E-state index is -0.412. The van der Waals surface area contributed by atoms with Crippen molar-refractivity contribution in [2.24, 2.45) is 0 Å². The lowest BCUT2D eigenvalue weighted by Crippen LogP contribution is -2.29. The Morgan fingerprint density at radius 3 is 1.06 bits per heavy atom. The summed E-state index contributed by atoms with van der Waals surface area (Å²) in [5.41, 5.74) is 0. The number of allylic oxidation sites excluding steroid dienone is 10. The second kappa shape index (κ2) is 52.9. The number of hydrogen-bond acceptors (Lipinski definition) is 5. The molecule has 0 rings (SSSR count). The first-order valence-corrected chi connectivity index (χ1v) is 26.8. The average Bonchev–Trinajstić information content (AvgIpc) is 3.28. The topological polar surface area (TPSA) is 61.8 Å². The van der Waals surface area contributed by atoms with E-state index in [9.17, 15) is 9.59 Å². The first-order chi connectivity index (χ1) is 30.6. The van der Waals surface area contributed by atoms with Gasteiger partial charge in [0.2, 0.25) is 0 Å². The Kier molecular flexibility index (Phi) is 50.9. The molecule has 0 amide bonds. The summed E-state index contributed by atoms with van der Waals surface area (Å²) in [6.07, 6.45) is 66.8. The Morgan fingerprint density at radius 2 is 0.661 bits per heavy atom. The maximum atomic E-state index is 12.6. The molecule has 62 heavy (non-hydrogen) atoms. The Hall–Kier alpha value is -2.40. The van der Waals surface area contributed by atoms with E-state index in [1.54, 1.807) is 0 Å². The van der Waals surface area contributed by atoms with Gasteiger partial charge in [0.1, 0.15) is 19.3 Å². The van der Waals surface area contributed by atoms with Crippen molar-refractivity contribution in [3.8, 4) is 0 Å². The molecule has 0 radical (unpaired) electrons. The van der Waals surface area contributed by atoms with Crippen LogP contribution in [0.3, 0.4) is 0 Å². The molecule has 360 valence electrons. The molecule has 0 saturated heterocycles. The summed E-state index contributed by atoms with van der Waals surface area (Å²) in [4.78, 5) is 25.2. The second-order valence-corrected chi connectivity index (χ2v) is 17.7. The van der Waals surface area contributed by atoms with E-state index in [1.165, 1.54) is 135 Å². The lowest BCUT2D eigenvalue weighted by Gasteiger charge is -2.18. The fourth-order valence-electron chi connectivity index (χ4n) is 7.53. The SMILES string of the molecule is CC/C=C\C/C=C\C/C=C\C/C=C\CCCCCCC(=O)OC[C@H](COC(=O)CCCCCCC/C=C\CCCCCC)OCCCCCCCCCCCCCCCCCC. The van der Waals surface area contributed by atoms with Gasteiger partial charge in [0.15, 0.2) is 0 Å². The first-order valence-electron chi connectivity index (χ1n) is 26.8. The third-order valence-electron chi connectivity index (χ3n) is 11.6. The smallest absolute Gasteiger partial charge is 0.305 e. The normalized spacial score (nSPS) is 12.6. The number of esters is 2. The maximum Gasteiger partial charge on any atom is 0.305 e. The third kappa shape index (κ3) is 50.2. The molecule has 0 aromatic rings. The second-order valence-electron chi connectivity index (χ2n) is 17.7. The van der Waals surface area contributed by atoms with Gasteiger partial charge in [-0.05, 0) is 83.5 Å². The van der Waals surface area contributed by atoms with Gasteiger partial charge in [0.05, 0.1) is 0 Å². The minimum Gasteiger partial charge on any atom is -0.463 e. The summed E-state index contributed by atoms with van der Waals surface area (Å²) in [6.45, 7) is 7.59. The van der Waals surface area contributed by atoms with Crippen LogP contribution in [0.1, 0.15) is 265 Å². The van der Waals surface area contributed by atoms with E-state index in [0.29, 0.717) is 19.4 Å². The molecule has 0 saturated carbocycles. The number of unbranched alkanes of at least 4 members (excludes halogenated alkanes) is 28. The van der Waals surface area contributed by atoms with Crippen LogP contribution in [0, 0.1) is 0 Å². The van der Waals surface area contributed by atoms with E-state index in [-0.39, 0.29) is 25.2 Å². The van der Waals surface area contributed by atoms with Crippen LogP contribution < -0.4 is 0 Å². The highest BCUT2D eigenvalue weighted by Gasteiger charge is 2.16. The van der Waals surface area contributed by atoms with Crippen LogP contribution in [-0.4, -0.2) is 37.9 Å². The van der Waals surface area contributed by atoms with E-state index in [1.807, 2.05) is 0 Å². The quantitative estimate of drug-likeness (QED) is 0.0346. The van der Waals surface area contributed by atoms with Crippen molar-refractivity contribution >= 4 is 11.9 Å². The van der Waals surface area contributed by atoms with Crippen LogP contribution in [0.15, 0.2) is 60.8 Å². The largest absolute Gasteiger partial charge is 0.463 e. The monoisotopic (exact) mass is 867 g/mol. The van der Waals surface area contributed by atoms with Gasteiger partial charge < -0.3 is 14.2 Å². The maximum absolute atomic E-state index is 12.6. The number of rotatable bonds is 49. The van der Waals surface area contributed by atoms with Gasteiger partial charge in [-0.25, -0.2) is 0 Å². The molecule has 5 nitrogen and oxygen atoms in total. The summed E-state index contributed by atoms with van der Waals surface area (Å²) in [7, 11) is 0. The highest BCUT2D eigenvalue weighted by atomic mass is 16.6. The van der Waals surface area contributed by atoms with E-state index in [2.05, 4.69) is 81.5 Å². The molecule has 0 fully saturated rings. The van der Waals surface area contributed by atoms with Gasteiger partial charge >= 0.3 is 11.9 Å². The van der Waals surface area contributed by atoms with Crippen LogP contribution in [0.5, 0.6) is 0 Å². The number of carbonyl (C=O) groups is 2. The number of carbonyl (C=O) groups excluding carboxylic acids is 2. The van der Waals surface area contributed by atoms with Gasteiger partial charge in [-0.15, -0.1) is 0 Å². The van der Waals surface area contributed by atoms with Gasteiger partial charge in [0.25, 0.3) is 0 Å². The number of hydrogen-bond donors (Lipinski definition) is 0. The summed E-state index contributed by atoms with van der Waals surface area (Å²) in [5.74, 6) is -0.364. The molecule has 0 bridgehead atoms. The van der Waals surface area contributed by atoms with Gasteiger partial charge in [-0.2, -0.15) is 0 Å². The average molecular weight is 867 g/mol. The number of ether oxygens (including phenoxy) is 3. The predicted molar refractivity (Wildman–Crippen MR) is 270 cm³/mol. The molecule has 0 spiro atoms. The fourth-order valence-corrected chi connectivity index (χ4v) is 7.53. The first kappa shape index (κ1) is 59.6. The zero-order valence-electron chi connectivity index (χ0n) is 41.4. The fraction of sp³-hybridized carbons (Fsp3) is 0.789. The van der Waals surface area contributed by atoms with Crippen molar-refractivity contribution in [3.63, 3.8) is 0 Å². The molecular formula is C57H102O5. The summed E-state index contributed by atoms with van der Waals surface area (Å²) >= 11 is 0. The highest BCUT2D eigenvalue weighted by Crippen LogP contribution is 2.15. The highest BCUT2D eigenvalue weighted by molar-refractivity contribution is 5.69. The molecule has 0 aromatic carbocycles. The minimum absolute atomic E-state index is 0.143. The Balaban J connectivity index is 4.29. The molecule has 0 aromatic heterocycles. The standard InChI is InChI=1S/C57H102O5/c1-4-7-10-13-16-19-22-25-27-29-30-33-36-39-42-45-48-51-57(59)62-54-55(53-61-56(58)50-47-44-41-38-35-32-24-21-18-15-12-9-6-3)60-52-49-46-43-40-37-34-31-28-26-23-20-17-14-11-8-5-2/h7,10,16,19,21,24-25,27,30,33,55H,4-6,8-9,11-15,17-18,20,22-23,26,28-29,31-32,34-54H2,1-3H3/b10-7-,19-16-,24-21-,27-25-,33-30-/t55-/m0/s1. The Morgan fingerprint density at radius 1 is 0.355 bits per heavy atom. The molecule has 0 aliphatic rings. The van der Waals surface area contributed by atoms with Gasteiger partial charge in [-0.3, -0.25) is 9.59 Å².